The first kappa shape index (κ1) is 16.3. The molecule has 2 rings (SSSR count). The number of piperidine rings is 1. The molecule has 1 aliphatic heterocycles. The van der Waals surface area contributed by atoms with Crippen LogP contribution in [-0.4, -0.2) is 48.3 Å². The predicted octanol–water partition coefficient (Wildman–Crippen LogP) is 2.64. The normalized spacial score (nSPS) is 30.0. The number of hydrogen-bond acceptors (Lipinski definition) is 3. The highest BCUT2D eigenvalue weighted by Gasteiger charge is 2.32. The molecule has 3 nitrogen and oxygen atoms in total. The van der Waals surface area contributed by atoms with Crippen molar-refractivity contribution in [3.05, 3.63) is 0 Å². The summed E-state index contributed by atoms with van der Waals surface area (Å²) in [5.74, 6) is 0.673. The van der Waals surface area contributed by atoms with E-state index in [1.807, 2.05) is 0 Å². The van der Waals surface area contributed by atoms with Crippen LogP contribution in [0.3, 0.4) is 0 Å². The molecule has 2 N–H and O–H groups in total. The average molecular weight is 282 g/mol. The van der Waals surface area contributed by atoms with E-state index in [-0.39, 0.29) is 0 Å². The Morgan fingerprint density at radius 1 is 1.15 bits per heavy atom. The Bertz CT molecular complexity index is 281. The summed E-state index contributed by atoms with van der Waals surface area (Å²) in [6.07, 6.45) is 7.80. The van der Waals surface area contributed by atoms with Gasteiger partial charge >= 0.3 is 0 Å². The Morgan fingerprint density at radius 2 is 1.85 bits per heavy atom. The number of hydrogen-bond donors (Lipinski definition) is 2. The number of aliphatic hydroxyl groups excluding tert-OH is 1. The minimum atomic E-state index is 0.342. The van der Waals surface area contributed by atoms with Crippen LogP contribution in [0.2, 0.25) is 0 Å². The van der Waals surface area contributed by atoms with Crippen molar-refractivity contribution in [2.75, 3.05) is 26.2 Å². The van der Waals surface area contributed by atoms with E-state index in [4.69, 9.17) is 0 Å². The fraction of sp³-hybridized carbons (Fsp3) is 1.00. The van der Waals surface area contributed by atoms with Crippen molar-refractivity contribution in [3.8, 4) is 0 Å². The maximum Gasteiger partial charge on any atom is 0.0434 e. The van der Waals surface area contributed by atoms with Crippen LogP contribution in [0.25, 0.3) is 0 Å². The topological polar surface area (TPSA) is 35.5 Å². The van der Waals surface area contributed by atoms with Crippen molar-refractivity contribution in [1.29, 1.82) is 0 Å². The third kappa shape index (κ3) is 5.01. The van der Waals surface area contributed by atoms with Gasteiger partial charge in [0.25, 0.3) is 0 Å². The molecule has 0 radical (unpaired) electrons. The average Bonchev–Trinajstić information content (AvgIpc) is 2.89. The summed E-state index contributed by atoms with van der Waals surface area (Å²) >= 11 is 0. The lowest BCUT2D eigenvalue weighted by Crippen LogP contribution is -2.53. The standard InChI is InChI=1S/C17H34N2O/c1-17(2,3)13-18-15-10-14(8-9-20)11-19(12-15)16-6-4-5-7-16/h14-16,18,20H,4-13H2,1-3H3. The number of likely N-dealkylation sites (tertiary alicyclic amines) is 1. The third-order valence-electron chi connectivity index (χ3n) is 4.86. The zero-order chi connectivity index (χ0) is 14.6. The largest absolute Gasteiger partial charge is 0.396 e. The number of nitrogens with one attached hydrogen (secondary N) is 1. The smallest absolute Gasteiger partial charge is 0.0434 e. The molecule has 20 heavy (non-hydrogen) atoms. The molecule has 118 valence electrons. The van der Waals surface area contributed by atoms with Gasteiger partial charge in [-0.3, -0.25) is 4.90 Å². The first-order valence-electron chi connectivity index (χ1n) is 8.56. The molecule has 0 aromatic heterocycles. The van der Waals surface area contributed by atoms with Gasteiger partial charge in [-0.05, 0) is 37.0 Å². The van der Waals surface area contributed by atoms with E-state index in [1.165, 1.54) is 45.2 Å². The first-order chi connectivity index (χ1) is 9.48. The van der Waals surface area contributed by atoms with E-state index in [0.717, 1.165) is 19.0 Å². The Hall–Kier alpha value is -0.120. The van der Waals surface area contributed by atoms with Crippen LogP contribution < -0.4 is 5.32 Å². The lowest BCUT2D eigenvalue weighted by molar-refractivity contribution is 0.0832. The molecule has 0 amide bonds. The molecule has 0 aromatic carbocycles. The van der Waals surface area contributed by atoms with E-state index in [9.17, 15) is 5.11 Å². The quantitative estimate of drug-likeness (QED) is 0.814. The van der Waals surface area contributed by atoms with Crippen LogP contribution in [0.5, 0.6) is 0 Å². The molecule has 0 spiro atoms. The minimum absolute atomic E-state index is 0.342. The Kier molecular flexibility index (Phi) is 5.88. The molecule has 1 saturated carbocycles. The second kappa shape index (κ2) is 7.24. The molecular formula is C17H34N2O. The van der Waals surface area contributed by atoms with Crippen molar-refractivity contribution in [2.24, 2.45) is 11.3 Å². The number of nitrogens with zero attached hydrogens (tertiary/aromatic N) is 1. The van der Waals surface area contributed by atoms with E-state index >= 15 is 0 Å². The van der Waals surface area contributed by atoms with Crippen LogP contribution >= 0.6 is 0 Å². The van der Waals surface area contributed by atoms with Gasteiger partial charge in [0.15, 0.2) is 0 Å². The van der Waals surface area contributed by atoms with Gasteiger partial charge in [-0.1, -0.05) is 33.6 Å². The predicted molar refractivity (Wildman–Crippen MR) is 84.9 cm³/mol. The summed E-state index contributed by atoms with van der Waals surface area (Å²) in [5, 5.41) is 13.1. The summed E-state index contributed by atoms with van der Waals surface area (Å²) in [5.41, 5.74) is 0.349. The van der Waals surface area contributed by atoms with E-state index in [1.54, 1.807) is 0 Å². The van der Waals surface area contributed by atoms with Crippen molar-refractivity contribution in [2.45, 2.75) is 71.4 Å². The molecule has 1 aliphatic carbocycles. The van der Waals surface area contributed by atoms with Crippen molar-refractivity contribution >= 4 is 0 Å². The van der Waals surface area contributed by atoms with Crippen LogP contribution in [0.4, 0.5) is 0 Å². The van der Waals surface area contributed by atoms with E-state index in [2.05, 4.69) is 31.0 Å². The number of rotatable bonds is 5. The Labute approximate surface area is 125 Å². The molecule has 0 bridgehead atoms. The molecule has 2 fully saturated rings. The Morgan fingerprint density at radius 3 is 2.45 bits per heavy atom. The summed E-state index contributed by atoms with van der Waals surface area (Å²) < 4.78 is 0. The number of aliphatic hydroxyl groups is 1. The second-order valence-electron chi connectivity index (χ2n) is 8.14. The van der Waals surface area contributed by atoms with E-state index < -0.39 is 0 Å². The monoisotopic (exact) mass is 282 g/mol. The van der Waals surface area contributed by atoms with Crippen LogP contribution in [-0.2, 0) is 0 Å². The molecule has 3 heteroatoms. The lowest BCUT2D eigenvalue weighted by Gasteiger charge is -2.42. The maximum absolute atomic E-state index is 9.28. The van der Waals surface area contributed by atoms with Gasteiger partial charge in [-0.25, -0.2) is 0 Å². The molecule has 1 saturated heterocycles. The zero-order valence-corrected chi connectivity index (χ0v) is 13.7. The summed E-state index contributed by atoms with van der Waals surface area (Å²) in [6.45, 7) is 10.7. The molecule has 0 aromatic rings. The first-order valence-corrected chi connectivity index (χ1v) is 8.56. The SMILES string of the molecule is CC(C)(C)CNC1CC(CCO)CN(C2CCCC2)C1. The molecule has 2 unspecified atom stereocenters. The Balaban J connectivity index is 1.89. The van der Waals surface area contributed by atoms with Crippen LogP contribution in [0.1, 0.15) is 59.3 Å². The fourth-order valence-electron chi connectivity index (χ4n) is 3.80. The minimum Gasteiger partial charge on any atom is -0.396 e. The van der Waals surface area contributed by atoms with Crippen molar-refractivity contribution in [3.63, 3.8) is 0 Å². The van der Waals surface area contributed by atoms with Gasteiger partial charge in [0.05, 0.1) is 0 Å². The van der Waals surface area contributed by atoms with Gasteiger partial charge < -0.3 is 10.4 Å². The fourth-order valence-corrected chi connectivity index (χ4v) is 3.80. The summed E-state index contributed by atoms with van der Waals surface area (Å²) in [6, 6.07) is 1.43. The molecule has 2 aliphatic rings. The summed E-state index contributed by atoms with van der Waals surface area (Å²) in [4.78, 5) is 2.72. The highest BCUT2D eigenvalue weighted by atomic mass is 16.3. The second-order valence-corrected chi connectivity index (χ2v) is 8.14. The van der Waals surface area contributed by atoms with Crippen molar-refractivity contribution in [1.82, 2.24) is 10.2 Å². The van der Waals surface area contributed by atoms with Gasteiger partial charge in [-0.15, -0.1) is 0 Å². The van der Waals surface area contributed by atoms with Gasteiger partial charge in [0.2, 0.25) is 0 Å². The highest BCUT2D eigenvalue weighted by Crippen LogP contribution is 2.29. The van der Waals surface area contributed by atoms with Gasteiger partial charge in [0.1, 0.15) is 0 Å². The highest BCUT2D eigenvalue weighted by molar-refractivity contribution is 4.89. The van der Waals surface area contributed by atoms with Crippen LogP contribution in [0.15, 0.2) is 0 Å². The lowest BCUT2D eigenvalue weighted by atomic mass is 9.89. The van der Waals surface area contributed by atoms with Crippen molar-refractivity contribution < 1.29 is 5.11 Å². The molecule has 1 heterocycles. The molecular weight excluding hydrogens is 248 g/mol. The van der Waals surface area contributed by atoms with Gasteiger partial charge in [0, 0.05) is 38.3 Å². The van der Waals surface area contributed by atoms with Gasteiger partial charge in [-0.2, -0.15) is 0 Å². The zero-order valence-electron chi connectivity index (χ0n) is 13.7. The maximum atomic E-state index is 9.28. The third-order valence-corrected chi connectivity index (χ3v) is 4.86. The van der Waals surface area contributed by atoms with Crippen LogP contribution in [0, 0.1) is 11.3 Å². The molecule has 2 atom stereocenters. The summed E-state index contributed by atoms with van der Waals surface area (Å²) in [7, 11) is 0. The van der Waals surface area contributed by atoms with E-state index in [0.29, 0.717) is 24.0 Å².